The second kappa shape index (κ2) is 4.84. The van der Waals surface area contributed by atoms with Gasteiger partial charge in [0.2, 0.25) is 0 Å². The molecule has 0 heterocycles. The number of aliphatic hydroxyl groups is 1. The van der Waals surface area contributed by atoms with E-state index in [2.05, 4.69) is 4.74 Å². The van der Waals surface area contributed by atoms with E-state index in [1.807, 2.05) is 0 Å². The molecule has 3 nitrogen and oxygen atoms in total. The number of halogens is 2. The van der Waals surface area contributed by atoms with Crippen molar-refractivity contribution < 1.29 is 23.4 Å². The first-order chi connectivity index (χ1) is 7.04. The molecule has 0 radical (unpaired) electrons. The summed E-state index contributed by atoms with van der Waals surface area (Å²) in [6, 6.07) is 2.96. The van der Waals surface area contributed by atoms with Crippen LogP contribution in [-0.2, 0) is 9.53 Å². The van der Waals surface area contributed by atoms with Gasteiger partial charge in [0.05, 0.1) is 19.6 Å². The van der Waals surface area contributed by atoms with Gasteiger partial charge >= 0.3 is 5.97 Å². The third-order valence-corrected chi connectivity index (χ3v) is 1.92. The molecule has 0 unspecified atom stereocenters. The summed E-state index contributed by atoms with van der Waals surface area (Å²) in [5.41, 5.74) is 0.138. The fourth-order valence-corrected chi connectivity index (χ4v) is 1.08. The Kier molecular flexibility index (Phi) is 3.74. The van der Waals surface area contributed by atoms with Gasteiger partial charge in [-0.2, -0.15) is 0 Å². The van der Waals surface area contributed by atoms with Crippen LogP contribution in [0, 0.1) is 11.6 Å². The molecule has 1 aromatic rings. The van der Waals surface area contributed by atoms with E-state index in [1.54, 1.807) is 0 Å². The molecule has 5 heteroatoms. The minimum absolute atomic E-state index is 0.138. The Morgan fingerprint density at radius 3 is 2.67 bits per heavy atom. The van der Waals surface area contributed by atoms with Crippen molar-refractivity contribution in [3.05, 3.63) is 35.4 Å². The third kappa shape index (κ3) is 2.99. The number of methoxy groups -OCH3 is 1. The highest BCUT2D eigenvalue weighted by molar-refractivity contribution is 5.70. The number of aliphatic hydroxyl groups excluding tert-OH is 1. The van der Waals surface area contributed by atoms with Crippen molar-refractivity contribution in [3.63, 3.8) is 0 Å². The minimum atomic E-state index is -1.19. The fourth-order valence-electron chi connectivity index (χ4n) is 1.08. The summed E-state index contributed by atoms with van der Waals surface area (Å²) < 4.78 is 29.6. The van der Waals surface area contributed by atoms with Crippen LogP contribution in [0.3, 0.4) is 0 Å². The predicted molar refractivity (Wildman–Crippen MR) is 48.0 cm³/mol. The maximum atomic E-state index is 12.8. The Bertz CT molecular complexity index is 366. The van der Waals surface area contributed by atoms with Gasteiger partial charge in [-0.3, -0.25) is 4.79 Å². The molecule has 15 heavy (non-hydrogen) atoms. The zero-order chi connectivity index (χ0) is 11.4. The molecule has 0 saturated heterocycles. The second-order valence-electron chi connectivity index (χ2n) is 2.97. The Labute approximate surface area is 85.3 Å². The molecule has 0 bridgehead atoms. The average Bonchev–Trinajstić information content (AvgIpc) is 2.21. The van der Waals surface area contributed by atoms with E-state index in [9.17, 15) is 18.7 Å². The first-order valence-electron chi connectivity index (χ1n) is 4.24. The van der Waals surface area contributed by atoms with Crippen molar-refractivity contribution in [2.45, 2.75) is 12.5 Å². The highest BCUT2D eigenvalue weighted by Crippen LogP contribution is 2.19. The zero-order valence-corrected chi connectivity index (χ0v) is 8.04. The van der Waals surface area contributed by atoms with E-state index < -0.39 is 23.7 Å². The van der Waals surface area contributed by atoms with Gasteiger partial charge in [-0.1, -0.05) is 6.07 Å². The molecule has 1 atom stereocenters. The Balaban J connectivity index is 2.78. The molecular formula is C10H10F2O3. The summed E-state index contributed by atoms with van der Waals surface area (Å²) in [4.78, 5) is 10.8. The van der Waals surface area contributed by atoms with Crippen LogP contribution in [0.15, 0.2) is 18.2 Å². The fraction of sp³-hybridized carbons (Fsp3) is 0.300. The summed E-state index contributed by atoms with van der Waals surface area (Å²) >= 11 is 0. The van der Waals surface area contributed by atoms with Crippen LogP contribution >= 0.6 is 0 Å². The summed E-state index contributed by atoms with van der Waals surface area (Å²) in [5, 5.41) is 9.45. The number of benzene rings is 1. The quantitative estimate of drug-likeness (QED) is 0.780. The lowest BCUT2D eigenvalue weighted by Crippen LogP contribution is -2.08. The van der Waals surface area contributed by atoms with Crippen LogP contribution < -0.4 is 0 Å². The van der Waals surface area contributed by atoms with Crippen molar-refractivity contribution >= 4 is 5.97 Å². The van der Waals surface area contributed by atoms with Crippen molar-refractivity contribution in [1.29, 1.82) is 0 Å². The predicted octanol–water partition coefficient (Wildman–Crippen LogP) is 1.56. The van der Waals surface area contributed by atoms with E-state index in [1.165, 1.54) is 13.2 Å². The molecule has 0 amide bonds. The smallest absolute Gasteiger partial charge is 0.308 e. The molecule has 0 saturated carbocycles. The van der Waals surface area contributed by atoms with Crippen LogP contribution in [0.2, 0.25) is 0 Å². The second-order valence-corrected chi connectivity index (χ2v) is 2.97. The van der Waals surface area contributed by atoms with Crippen LogP contribution in [0.25, 0.3) is 0 Å². The molecule has 1 N–H and O–H groups in total. The SMILES string of the molecule is COC(=O)C[C@H](O)c1ccc(F)c(F)c1. The number of hydrogen-bond donors (Lipinski definition) is 1. The van der Waals surface area contributed by atoms with E-state index in [0.717, 1.165) is 12.1 Å². The summed E-state index contributed by atoms with van der Waals surface area (Å²) in [6.07, 6.45) is -1.48. The van der Waals surface area contributed by atoms with Gasteiger partial charge in [0, 0.05) is 0 Å². The Morgan fingerprint density at radius 1 is 1.47 bits per heavy atom. The zero-order valence-electron chi connectivity index (χ0n) is 8.04. The molecule has 0 aromatic heterocycles. The number of ether oxygens (including phenoxy) is 1. The third-order valence-electron chi connectivity index (χ3n) is 1.92. The maximum absolute atomic E-state index is 12.8. The van der Waals surface area contributed by atoms with Gasteiger partial charge in [-0.25, -0.2) is 8.78 Å². The lowest BCUT2D eigenvalue weighted by molar-refractivity contribution is -0.142. The molecular weight excluding hydrogens is 206 g/mol. The van der Waals surface area contributed by atoms with E-state index in [4.69, 9.17) is 0 Å². The Hall–Kier alpha value is -1.49. The summed E-state index contributed by atoms with van der Waals surface area (Å²) in [5.74, 6) is -2.67. The van der Waals surface area contributed by atoms with Gasteiger partial charge in [0.1, 0.15) is 0 Å². The normalized spacial score (nSPS) is 12.3. The van der Waals surface area contributed by atoms with Gasteiger partial charge in [0.25, 0.3) is 0 Å². The van der Waals surface area contributed by atoms with Gasteiger partial charge in [-0.15, -0.1) is 0 Å². The molecule has 82 valence electrons. The first kappa shape index (κ1) is 11.6. The number of esters is 1. The molecule has 0 aliphatic heterocycles. The largest absolute Gasteiger partial charge is 0.469 e. The maximum Gasteiger partial charge on any atom is 0.308 e. The first-order valence-corrected chi connectivity index (χ1v) is 4.24. The van der Waals surface area contributed by atoms with Crippen LogP contribution in [0.5, 0.6) is 0 Å². The highest BCUT2D eigenvalue weighted by Gasteiger charge is 2.14. The minimum Gasteiger partial charge on any atom is -0.469 e. The van der Waals surface area contributed by atoms with Crippen molar-refractivity contribution in [2.75, 3.05) is 7.11 Å². The van der Waals surface area contributed by atoms with Crippen molar-refractivity contribution in [1.82, 2.24) is 0 Å². The van der Waals surface area contributed by atoms with Crippen LogP contribution in [0.4, 0.5) is 8.78 Å². The molecule has 1 rings (SSSR count). The highest BCUT2D eigenvalue weighted by atomic mass is 19.2. The van der Waals surface area contributed by atoms with Gasteiger partial charge < -0.3 is 9.84 Å². The standard InChI is InChI=1S/C10H10F2O3/c1-15-10(14)5-9(13)6-2-3-7(11)8(12)4-6/h2-4,9,13H,5H2,1H3/t9-/m0/s1. The molecule has 1 aromatic carbocycles. The van der Waals surface area contributed by atoms with Gasteiger partial charge in [0.15, 0.2) is 11.6 Å². The Morgan fingerprint density at radius 2 is 2.13 bits per heavy atom. The summed E-state index contributed by atoms with van der Waals surface area (Å²) in [6.45, 7) is 0. The van der Waals surface area contributed by atoms with Crippen LogP contribution in [0.1, 0.15) is 18.1 Å². The topological polar surface area (TPSA) is 46.5 Å². The average molecular weight is 216 g/mol. The lowest BCUT2D eigenvalue weighted by atomic mass is 10.1. The summed E-state index contributed by atoms with van der Waals surface area (Å²) in [7, 11) is 1.18. The van der Waals surface area contributed by atoms with Crippen molar-refractivity contribution in [2.24, 2.45) is 0 Å². The molecule has 0 spiro atoms. The van der Waals surface area contributed by atoms with Gasteiger partial charge in [-0.05, 0) is 17.7 Å². The number of carbonyl (C=O) groups excluding carboxylic acids is 1. The monoisotopic (exact) mass is 216 g/mol. The lowest BCUT2D eigenvalue weighted by Gasteiger charge is -2.09. The number of rotatable bonds is 3. The van der Waals surface area contributed by atoms with Crippen molar-refractivity contribution in [3.8, 4) is 0 Å². The van der Waals surface area contributed by atoms with Crippen LogP contribution in [-0.4, -0.2) is 18.2 Å². The number of carbonyl (C=O) groups is 1. The number of hydrogen-bond acceptors (Lipinski definition) is 3. The van der Waals surface area contributed by atoms with E-state index in [0.29, 0.717) is 0 Å². The molecule has 0 aliphatic carbocycles. The molecule has 0 fully saturated rings. The molecule has 0 aliphatic rings. The van der Waals surface area contributed by atoms with E-state index in [-0.39, 0.29) is 12.0 Å². The van der Waals surface area contributed by atoms with E-state index >= 15 is 0 Å².